The van der Waals surface area contributed by atoms with Gasteiger partial charge in [-0.2, -0.15) is 5.10 Å². The summed E-state index contributed by atoms with van der Waals surface area (Å²) in [6, 6.07) is 25.9. The topological polar surface area (TPSA) is 59.6 Å². The van der Waals surface area contributed by atoms with Crippen molar-refractivity contribution in [1.82, 2.24) is 14.2 Å². The summed E-state index contributed by atoms with van der Waals surface area (Å²) in [5.41, 5.74) is 4.78. The Kier molecular flexibility index (Phi) is 7.29. The molecular weight excluding hydrogens is 577 g/mol. The highest BCUT2D eigenvalue weighted by molar-refractivity contribution is 6.13. The van der Waals surface area contributed by atoms with E-state index < -0.39 is 23.4 Å². The molecule has 3 heterocycles. The number of carbonyl (C=O) groups excluding carboxylic acids is 2. The first kappa shape index (κ1) is 28.3. The third kappa shape index (κ3) is 5.20. The number of hydrogen-bond donors (Lipinski definition) is 0. The maximum atomic E-state index is 14.2. The average Bonchev–Trinajstić information content (AvgIpc) is 3.46. The lowest BCUT2D eigenvalue weighted by Crippen LogP contribution is -2.32. The van der Waals surface area contributed by atoms with Crippen molar-refractivity contribution in [2.75, 3.05) is 4.90 Å². The van der Waals surface area contributed by atoms with Gasteiger partial charge in [0.25, 0.3) is 5.91 Å². The standard InChI is InChI=1S/C36H27F3N4O2/c37-26-13-9-24(10-14-26)34(44)33-32(23-6-2-1-3-7-23)30-8-4-5-21-41-31(40-43(33)35(30)41)22-42(29-19-17-28(39)18-20-29)36(45)25-11-15-27(38)16-12-25/h1-3,6-7,9-20H,4-5,8,21-22H2. The molecule has 9 heteroatoms. The van der Waals surface area contributed by atoms with Crippen LogP contribution in [0, 0.1) is 17.5 Å². The van der Waals surface area contributed by atoms with Crippen LogP contribution in [-0.2, 0) is 19.5 Å². The van der Waals surface area contributed by atoms with Crippen LogP contribution in [0.5, 0.6) is 0 Å². The molecule has 0 bridgehead atoms. The Bertz CT molecular complexity index is 2030. The molecule has 0 saturated carbocycles. The minimum absolute atomic E-state index is 0.00775. The van der Waals surface area contributed by atoms with Crippen LogP contribution in [-0.4, -0.2) is 25.9 Å². The fourth-order valence-corrected chi connectivity index (χ4v) is 6.08. The second kappa shape index (κ2) is 11.6. The molecule has 0 fully saturated rings. The molecule has 0 saturated heterocycles. The summed E-state index contributed by atoms with van der Waals surface area (Å²) in [6.45, 7) is 0.615. The van der Waals surface area contributed by atoms with Crippen LogP contribution in [0.15, 0.2) is 103 Å². The minimum atomic E-state index is -0.468. The van der Waals surface area contributed by atoms with E-state index in [0.29, 0.717) is 35.7 Å². The molecule has 45 heavy (non-hydrogen) atoms. The van der Waals surface area contributed by atoms with E-state index in [4.69, 9.17) is 5.10 Å². The van der Waals surface area contributed by atoms with Gasteiger partial charge in [0.15, 0.2) is 5.82 Å². The molecule has 1 amide bonds. The predicted octanol–water partition coefficient (Wildman–Crippen LogP) is 7.63. The number of hydrogen-bond acceptors (Lipinski definition) is 3. The molecule has 1 aliphatic rings. The summed E-state index contributed by atoms with van der Waals surface area (Å²) in [4.78, 5) is 29.5. The monoisotopic (exact) mass is 604 g/mol. The zero-order valence-corrected chi connectivity index (χ0v) is 24.1. The summed E-state index contributed by atoms with van der Waals surface area (Å²) < 4.78 is 45.1. The van der Waals surface area contributed by atoms with Gasteiger partial charge in [-0.15, -0.1) is 0 Å². The van der Waals surface area contributed by atoms with Crippen LogP contribution in [0.2, 0.25) is 0 Å². The number of amides is 1. The van der Waals surface area contributed by atoms with E-state index in [1.54, 1.807) is 4.52 Å². The van der Waals surface area contributed by atoms with Gasteiger partial charge in [0.1, 0.15) is 28.8 Å². The van der Waals surface area contributed by atoms with Gasteiger partial charge >= 0.3 is 0 Å². The van der Waals surface area contributed by atoms with Crippen molar-refractivity contribution in [2.24, 2.45) is 0 Å². The number of ketones is 1. The fraction of sp³-hybridized carbons (Fsp3) is 0.139. The maximum absolute atomic E-state index is 14.2. The van der Waals surface area contributed by atoms with E-state index in [2.05, 4.69) is 0 Å². The zero-order chi connectivity index (χ0) is 31.1. The van der Waals surface area contributed by atoms with Crippen molar-refractivity contribution in [3.8, 4) is 11.1 Å². The molecule has 0 unspecified atom stereocenters. The van der Waals surface area contributed by atoms with Crippen molar-refractivity contribution in [2.45, 2.75) is 32.4 Å². The average molecular weight is 605 g/mol. The van der Waals surface area contributed by atoms with E-state index in [1.807, 2.05) is 34.9 Å². The molecule has 4 aromatic carbocycles. The summed E-state index contributed by atoms with van der Waals surface area (Å²) in [5.74, 6) is -1.54. The smallest absolute Gasteiger partial charge is 0.258 e. The van der Waals surface area contributed by atoms with Crippen LogP contribution >= 0.6 is 0 Å². The van der Waals surface area contributed by atoms with Gasteiger partial charge in [0.2, 0.25) is 5.78 Å². The Morgan fingerprint density at radius 3 is 1.98 bits per heavy atom. The largest absolute Gasteiger partial charge is 0.311 e. The summed E-state index contributed by atoms with van der Waals surface area (Å²) in [6.07, 6.45) is 2.44. The molecule has 6 aromatic rings. The molecular formula is C36H27F3N4O2. The SMILES string of the molecule is O=C(c1ccc(F)cc1)c1c(-c2ccccc2)c2c3n(c(CN(C(=O)c4ccc(F)cc4)c4ccc(F)cc4)nn13)CCCC2. The Labute approximate surface area is 257 Å². The number of aryl methyl sites for hydroxylation is 2. The van der Waals surface area contributed by atoms with Crippen LogP contribution in [0.1, 0.15) is 50.6 Å². The molecule has 7 rings (SSSR count). The number of rotatable bonds is 7. The highest BCUT2D eigenvalue weighted by Crippen LogP contribution is 2.38. The molecule has 0 atom stereocenters. The van der Waals surface area contributed by atoms with Crippen LogP contribution in [0.25, 0.3) is 16.8 Å². The van der Waals surface area contributed by atoms with E-state index in [9.17, 15) is 22.8 Å². The second-order valence-corrected chi connectivity index (χ2v) is 11.0. The molecule has 0 radical (unpaired) electrons. The lowest BCUT2D eigenvalue weighted by Gasteiger charge is -2.23. The Hall–Kier alpha value is -5.44. The zero-order valence-electron chi connectivity index (χ0n) is 24.1. The molecule has 224 valence electrons. The normalized spacial score (nSPS) is 12.7. The first-order valence-corrected chi connectivity index (χ1v) is 14.7. The lowest BCUT2D eigenvalue weighted by atomic mass is 9.95. The van der Waals surface area contributed by atoms with Crippen molar-refractivity contribution in [3.05, 3.63) is 149 Å². The Morgan fingerprint density at radius 1 is 0.733 bits per heavy atom. The van der Waals surface area contributed by atoms with Gasteiger partial charge in [-0.25, -0.2) is 17.7 Å². The molecule has 2 aromatic heterocycles. The quantitative estimate of drug-likeness (QED) is 0.176. The lowest BCUT2D eigenvalue weighted by molar-refractivity contribution is 0.0982. The van der Waals surface area contributed by atoms with Crippen molar-refractivity contribution in [1.29, 1.82) is 0 Å². The molecule has 1 aliphatic heterocycles. The van der Waals surface area contributed by atoms with Gasteiger partial charge in [-0.05, 0) is 97.6 Å². The third-order valence-electron chi connectivity index (χ3n) is 8.22. The highest BCUT2D eigenvalue weighted by Gasteiger charge is 2.32. The molecule has 6 nitrogen and oxygen atoms in total. The number of benzene rings is 4. The summed E-state index contributed by atoms with van der Waals surface area (Å²) >= 11 is 0. The van der Waals surface area contributed by atoms with E-state index in [1.165, 1.54) is 77.7 Å². The highest BCUT2D eigenvalue weighted by atomic mass is 19.1. The first-order chi connectivity index (χ1) is 21.9. The number of nitrogens with zero attached hydrogens (tertiary/aromatic N) is 4. The van der Waals surface area contributed by atoms with Crippen molar-refractivity contribution < 1.29 is 22.8 Å². The van der Waals surface area contributed by atoms with Gasteiger partial charge < -0.3 is 9.47 Å². The summed E-state index contributed by atoms with van der Waals surface area (Å²) in [7, 11) is 0. The fourth-order valence-electron chi connectivity index (χ4n) is 6.08. The van der Waals surface area contributed by atoms with Gasteiger partial charge in [0, 0.05) is 34.5 Å². The van der Waals surface area contributed by atoms with E-state index in [0.717, 1.165) is 35.2 Å². The number of aromatic nitrogens is 3. The number of anilines is 1. The minimum Gasteiger partial charge on any atom is -0.311 e. The molecule has 0 N–H and O–H groups in total. The first-order valence-electron chi connectivity index (χ1n) is 14.7. The maximum Gasteiger partial charge on any atom is 0.258 e. The van der Waals surface area contributed by atoms with E-state index in [-0.39, 0.29) is 17.9 Å². The summed E-state index contributed by atoms with van der Waals surface area (Å²) in [5, 5.41) is 4.97. The second-order valence-electron chi connectivity index (χ2n) is 11.0. The van der Waals surface area contributed by atoms with Crippen LogP contribution < -0.4 is 4.90 Å². The van der Waals surface area contributed by atoms with Crippen LogP contribution in [0.3, 0.4) is 0 Å². The van der Waals surface area contributed by atoms with Gasteiger partial charge in [-0.1, -0.05) is 30.3 Å². The predicted molar refractivity (Wildman–Crippen MR) is 165 cm³/mol. The Balaban J connectivity index is 1.42. The van der Waals surface area contributed by atoms with Crippen LogP contribution in [0.4, 0.5) is 18.9 Å². The molecule has 0 aliphatic carbocycles. The number of halogens is 3. The van der Waals surface area contributed by atoms with Gasteiger partial charge in [0.05, 0.1) is 6.54 Å². The molecule has 0 spiro atoms. The van der Waals surface area contributed by atoms with Crippen molar-refractivity contribution >= 4 is 23.0 Å². The van der Waals surface area contributed by atoms with E-state index >= 15 is 0 Å². The number of carbonyl (C=O) groups is 2. The third-order valence-corrected chi connectivity index (χ3v) is 8.22. The van der Waals surface area contributed by atoms with Gasteiger partial charge in [-0.3, -0.25) is 9.59 Å². The Morgan fingerprint density at radius 2 is 1.33 bits per heavy atom. The van der Waals surface area contributed by atoms with Crippen molar-refractivity contribution in [3.63, 3.8) is 0 Å².